The van der Waals surface area contributed by atoms with Crippen molar-refractivity contribution in [3.8, 4) is 0 Å². The minimum absolute atomic E-state index is 0.0819. The summed E-state index contributed by atoms with van der Waals surface area (Å²) in [5.41, 5.74) is 0. The van der Waals surface area contributed by atoms with E-state index in [1.165, 1.54) is 6.42 Å². The van der Waals surface area contributed by atoms with E-state index < -0.39 is 0 Å². The first-order valence-electron chi connectivity index (χ1n) is 6.10. The zero-order valence-electron chi connectivity index (χ0n) is 9.95. The summed E-state index contributed by atoms with van der Waals surface area (Å²) in [7, 11) is 0. The molecule has 1 saturated heterocycles. The summed E-state index contributed by atoms with van der Waals surface area (Å²) in [4.78, 5) is 2.47. The highest BCUT2D eigenvalue weighted by Crippen LogP contribution is 2.18. The zero-order chi connectivity index (χ0) is 11.3. The molecule has 2 nitrogen and oxygen atoms in total. The molecule has 90 valence electrons. The second-order valence-electron chi connectivity index (χ2n) is 5.01. The highest BCUT2D eigenvalue weighted by Gasteiger charge is 2.23. The van der Waals surface area contributed by atoms with E-state index in [4.69, 9.17) is 11.6 Å². The van der Waals surface area contributed by atoms with Crippen molar-refractivity contribution in [2.45, 2.75) is 39.2 Å². The van der Waals surface area contributed by atoms with Crippen LogP contribution in [0, 0.1) is 11.8 Å². The fourth-order valence-corrected chi connectivity index (χ4v) is 2.53. The van der Waals surface area contributed by atoms with Crippen LogP contribution in [0.15, 0.2) is 0 Å². The van der Waals surface area contributed by atoms with Gasteiger partial charge in [-0.05, 0) is 37.6 Å². The van der Waals surface area contributed by atoms with E-state index in [2.05, 4.69) is 18.7 Å². The smallest absolute Gasteiger partial charge is 0.0590 e. The summed E-state index contributed by atoms with van der Waals surface area (Å²) in [5.74, 6) is 1.93. The molecule has 1 aliphatic heterocycles. The molecule has 3 unspecified atom stereocenters. The van der Waals surface area contributed by atoms with Crippen LogP contribution in [0.3, 0.4) is 0 Å². The number of hydrogen-bond donors (Lipinski definition) is 1. The molecule has 15 heavy (non-hydrogen) atoms. The van der Waals surface area contributed by atoms with Gasteiger partial charge in [0, 0.05) is 19.0 Å². The topological polar surface area (TPSA) is 23.5 Å². The van der Waals surface area contributed by atoms with E-state index in [1.54, 1.807) is 0 Å². The molecule has 0 aromatic rings. The summed E-state index contributed by atoms with van der Waals surface area (Å²) in [6, 6.07) is 0. The normalized spacial score (nSPS) is 30.4. The van der Waals surface area contributed by atoms with Crippen LogP contribution in [-0.4, -0.2) is 41.6 Å². The van der Waals surface area contributed by atoms with Crippen molar-refractivity contribution in [1.82, 2.24) is 4.90 Å². The Bertz CT molecular complexity index is 177. The van der Waals surface area contributed by atoms with Crippen molar-refractivity contribution in [2.24, 2.45) is 11.8 Å². The van der Waals surface area contributed by atoms with Crippen molar-refractivity contribution >= 4 is 11.6 Å². The quantitative estimate of drug-likeness (QED) is 0.737. The zero-order valence-corrected chi connectivity index (χ0v) is 10.7. The van der Waals surface area contributed by atoms with Crippen LogP contribution in [0.2, 0.25) is 0 Å². The molecule has 0 saturated carbocycles. The van der Waals surface area contributed by atoms with Crippen LogP contribution < -0.4 is 0 Å². The molecule has 1 N–H and O–H groups in total. The monoisotopic (exact) mass is 233 g/mol. The van der Waals surface area contributed by atoms with Gasteiger partial charge in [0.25, 0.3) is 0 Å². The molecule has 1 fully saturated rings. The Hall–Kier alpha value is 0.210. The van der Waals surface area contributed by atoms with Gasteiger partial charge < -0.3 is 10.0 Å². The van der Waals surface area contributed by atoms with E-state index in [0.29, 0.717) is 5.92 Å². The van der Waals surface area contributed by atoms with Crippen molar-refractivity contribution in [2.75, 3.05) is 25.5 Å². The lowest BCUT2D eigenvalue weighted by Crippen LogP contribution is -2.42. The summed E-state index contributed by atoms with van der Waals surface area (Å²) in [6.45, 7) is 7.67. The lowest BCUT2D eigenvalue weighted by Gasteiger charge is -2.34. The van der Waals surface area contributed by atoms with E-state index in [1.807, 2.05) is 0 Å². The minimum Gasteiger partial charge on any atom is -0.393 e. The third-order valence-corrected chi connectivity index (χ3v) is 3.70. The number of nitrogens with zero attached hydrogens (tertiary/aromatic N) is 1. The summed E-state index contributed by atoms with van der Waals surface area (Å²) in [6.07, 6.45) is 3.20. The number of alkyl halides is 1. The van der Waals surface area contributed by atoms with Crippen LogP contribution in [0.1, 0.15) is 33.1 Å². The SMILES string of the molecule is CC(CCCl)CCN1CCC(O)C(C)C1. The number of aliphatic hydroxyl groups excluding tert-OH is 1. The van der Waals surface area contributed by atoms with Crippen LogP contribution in [0.25, 0.3) is 0 Å². The maximum atomic E-state index is 9.61. The number of aliphatic hydroxyl groups is 1. The number of likely N-dealkylation sites (tertiary alicyclic amines) is 1. The third-order valence-electron chi connectivity index (χ3n) is 3.48. The molecular weight excluding hydrogens is 210 g/mol. The predicted octanol–water partition coefficient (Wildman–Crippen LogP) is 2.34. The molecule has 0 amide bonds. The first kappa shape index (κ1) is 13.3. The number of piperidine rings is 1. The fraction of sp³-hybridized carbons (Fsp3) is 1.00. The first-order chi connectivity index (χ1) is 7.13. The minimum atomic E-state index is -0.0819. The largest absolute Gasteiger partial charge is 0.393 e. The first-order valence-corrected chi connectivity index (χ1v) is 6.63. The van der Waals surface area contributed by atoms with Crippen LogP contribution in [0.5, 0.6) is 0 Å². The molecule has 0 bridgehead atoms. The molecule has 1 rings (SSSR count). The second kappa shape index (κ2) is 6.72. The summed E-state index contributed by atoms with van der Waals surface area (Å²) < 4.78 is 0. The Balaban J connectivity index is 2.16. The molecule has 3 heteroatoms. The van der Waals surface area contributed by atoms with Gasteiger partial charge in [-0.3, -0.25) is 0 Å². The van der Waals surface area contributed by atoms with Gasteiger partial charge >= 0.3 is 0 Å². The maximum Gasteiger partial charge on any atom is 0.0590 e. The number of hydrogen-bond acceptors (Lipinski definition) is 2. The van der Waals surface area contributed by atoms with Crippen LogP contribution >= 0.6 is 11.6 Å². The molecule has 0 aromatic heterocycles. The van der Waals surface area contributed by atoms with E-state index >= 15 is 0 Å². The van der Waals surface area contributed by atoms with Gasteiger partial charge in [-0.1, -0.05) is 13.8 Å². The molecule has 0 spiro atoms. The van der Waals surface area contributed by atoms with Crippen LogP contribution in [0.4, 0.5) is 0 Å². The molecule has 0 radical (unpaired) electrons. The second-order valence-corrected chi connectivity index (χ2v) is 5.38. The lowest BCUT2D eigenvalue weighted by molar-refractivity contribution is 0.0333. The van der Waals surface area contributed by atoms with Crippen molar-refractivity contribution in [1.29, 1.82) is 0 Å². The van der Waals surface area contributed by atoms with Gasteiger partial charge in [0.05, 0.1) is 6.10 Å². The van der Waals surface area contributed by atoms with Gasteiger partial charge in [-0.15, -0.1) is 11.6 Å². The van der Waals surface area contributed by atoms with E-state index in [0.717, 1.165) is 44.3 Å². The Morgan fingerprint density at radius 3 is 2.80 bits per heavy atom. The lowest BCUT2D eigenvalue weighted by atomic mass is 9.96. The maximum absolute atomic E-state index is 9.61. The standard InChI is InChI=1S/C12H24ClNO/c1-10(3-6-13)4-7-14-8-5-12(15)11(2)9-14/h10-12,15H,3-9H2,1-2H3. The average Bonchev–Trinajstić information content (AvgIpc) is 2.20. The molecule has 3 atom stereocenters. The molecule has 0 aromatic carbocycles. The van der Waals surface area contributed by atoms with Gasteiger partial charge in [0.1, 0.15) is 0 Å². The molecular formula is C12H24ClNO. The third kappa shape index (κ3) is 4.71. The van der Waals surface area contributed by atoms with Gasteiger partial charge in [-0.25, -0.2) is 0 Å². The van der Waals surface area contributed by atoms with Crippen molar-refractivity contribution in [3.05, 3.63) is 0 Å². The number of halogens is 1. The summed E-state index contributed by atoms with van der Waals surface area (Å²) in [5, 5.41) is 9.61. The highest BCUT2D eigenvalue weighted by atomic mass is 35.5. The Morgan fingerprint density at radius 1 is 1.47 bits per heavy atom. The van der Waals surface area contributed by atoms with Gasteiger partial charge in [0.2, 0.25) is 0 Å². The molecule has 1 aliphatic rings. The molecule has 1 heterocycles. The molecule has 0 aliphatic carbocycles. The Morgan fingerprint density at radius 2 is 2.20 bits per heavy atom. The van der Waals surface area contributed by atoms with E-state index in [-0.39, 0.29) is 6.10 Å². The average molecular weight is 234 g/mol. The number of rotatable bonds is 5. The Labute approximate surface area is 98.6 Å². The van der Waals surface area contributed by atoms with E-state index in [9.17, 15) is 5.11 Å². The highest BCUT2D eigenvalue weighted by molar-refractivity contribution is 6.17. The van der Waals surface area contributed by atoms with Crippen LogP contribution in [-0.2, 0) is 0 Å². The van der Waals surface area contributed by atoms with Crippen molar-refractivity contribution < 1.29 is 5.11 Å². The summed E-state index contributed by atoms with van der Waals surface area (Å²) >= 11 is 5.71. The fourth-order valence-electron chi connectivity index (χ4n) is 2.16. The van der Waals surface area contributed by atoms with Gasteiger partial charge in [0.15, 0.2) is 0 Å². The Kier molecular flexibility index (Phi) is 5.95. The predicted molar refractivity (Wildman–Crippen MR) is 65.3 cm³/mol. The van der Waals surface area contributed by atoms with Crippen molar-refractivity contribution in [3.63, 3.8) is 0 Å². The van der Waals surface area contributed by atoms with Gasteiger partial charge in [-0.2, -0.15) is 0 Å².